The zero-order valence-electron chi connectivity index (χ0n) is 11.4. The van der Waals surface area contributed by atoms with Gasteiger partial charge in [0.05, 0.1) is 12.8 Å². The van der Waals surface area contributed by atoms with Gasteiger partial charge in [0.15, 0.2) is 5.82 Å². The number of furan rings is 1. The molecular weight excluding hydrogens is 258 g/mol. The van der Waals surface area contributed by atoms with Crippen molar-refractivity contribution in [2.45, 2.75) is 26.4 Å². The lowest BCUT2D eigenvalue weighted by Crippen LogP contribution is -2.34. The van der Waals surface area contributed by atoms with Crippen LogP contribution in [0.4, 0.5) is 16.4 Å². The van der Waals surface area contributed by atoms with Crippen molar-refractivity contribution in [1.82, 2.24) is 15.5 Å². The van der Waals surface area contributed by atoms with E-state index in [4.69, 9.17) is 4.42 Å². The molecular formula is C13H17N5O2. The highest BCUT2D eigenvalue weighted by Gasteiger charge is 2.05. The summed E-state index contributed by atoms with van der Waals surface area (Å²) in [6, 6.07) is 6.87. The standard InChI is InChI=1S/C13H17N5O2/c1-9(2)15-13(19)16-12-6-5-11(17-18-12)14-8-10-4-3-7-20-10/h3-7,9H,8H2,1-2H3,(H,14,17)(H2,15,16,18,19). The van der Waals surface area contributed by atoms with Gasteiger partial charge < -0.3 is 15.1 Å². The van der Waals surface area contributed by atoms with Gasteiger partial charge in [-0.2, -0.15) is 0 Å². The Morgan fingerprint density at radius 2 is 2.00 bits per heavy atom. The second kappa shape index (κ2) is 6.55. The zero-order chi connectivity index (χ0) is 14.4. The fraction of sp³-hybridized carbons (Fsp3) is 0.308. The monoisotopic (exact) mass is 275 g/mol. The van der Waals surface area contributed by atoms with Gasteiger partial charge in [-0.05, 0) is 38.1 Å². The third-order valence-electron chi connectivity index (χ3n) is 2.35. The number of carbonyl (C=O) groups excluding carboxylic acids is 1. The van der Waals surface area contributed by atoms with Gasteiger partial charge in [-0.3, -0.25) is 5.32 Å². The van der Waals surface area contributed by atoms with Gasteiger partial charge in [-0.15, -0.1) is 10.2 Å². The molecule has 0 saturated heterocycles. The molecule has 3 N–H and O–H groups in total. The molecule has 0 aliphatic carbocycles. The first-order valence-corrected chi connectivity index (χ1v) is 6.31. The topological polar surface area (TPSA) is 92.1 Å². The number of anilines is 2. The van der Waals surface area contributed by atoms with Crippen LogP contribution in [0.3, 0.4) is 0 Å². The average Bonchev–Trinajstić information content (AvgIpc) is 2.90. The van der Waals surface area contributed by atoms with Crippen molar-refractivity contribution in [2.24, 2.45) is 0 Å². The van der Waals surface area contributed by atoms with Gasteiger partial charge in [0.2, 0.25) is 0 Å². The zero-order valence-corrected chi connectivity index (χ0v) is 11.4. The van der Waals surface area contributed by atoms with Crippen LogP contribution in [0.5, 0.6) is 0 Å². The van der Waals surface area contributed by atoms with Crippen LogP contribution in [0.1, 0.15) is 19.6 Å². The molecule has 0 bridgehead atoms. The van der Waals surface area contributed by atoms with E-state index < -0.39 is 0 Å². The highest BCUT2D eigenvalue weighted by Crippen LogP contribution is 2.08. The molecule has 0 radical (unpaired) electrons. The van der Waals surface area contributed by atoms with Gasteiger partial charge in [-0.25, -0.2) is 4.79 Å². The molecule has 2 amide bonds. The van der Waals surface area contributed by atoms with Crippen LogP contribution >= 0.6 is 0 Å². The molecule has 0 aliphatic heterocycles. The molecule has 0 fully saturated rings. The summed E-state index contributed by atoms with van der Waals surface area (Å²) in [5.41, 5.74) is 0. The molecule has 0 aromatic carbocycles. The molecule has 0 unspecified atom stereocenters. The number of hydrogen-bond donors (Lipinski definition) is 3. The molecule has 7 nitrogen and oxygen atoms in total. The summed E-state index contributed by atoms with van der Waals surface area (Å²) in [6.45, 7) is 4.29. The maximum absolute atomic E-state index is 11.5. The summed E-state index contributed by atoms with van der Waals surface area (Å²) in [5.74, 6) is 1.81. The first kappa shape index (κ1) is 13.9. The van der Waals surface area contributed by atoms with Crippen molar-refractivity contribution in [3.8, 4) is 0 Å². The minimum absolute atomic E-state index is 0.0668. The number of carbonyl (C=O) groups is 1. The lowest BCUT2D eigenvalue weighted by atomic mass is 10.4. The van der Waals surface area contributed by atoms with Crippen LogP contribution in [0, 0.1) is 0 Å². The van der Waals surface area contributed by atoms with Gasteiger partial charge in [0.1, 0.15) is 11.6 Å². The van der Waals surface area contributed by atoms with Crippen molar-refractivity contribution >= 4 is 17.7 Å². The Bertz CT molecular complexity index is 536. The maximum atomic E-state index is 11.5. The molecule has 2 heterocycles. The Morgan fingerprint density at radius 1 is 1.25 bits per heavy atom. The van der Waals surface area contributed by atoms with Crippen molar-refractivity contribution in [1.29, 1.82) is 0 Å². The van der Waals surface area contributed by atoms with E-state index in [0.29, 0.717) is 18.2 Å². The number of nitrogens with zero attached hydrogens (tertiary/aromatic N) is 2. The molecule has 0 atom stereocenters. The number of rotatable bonds is 5. The molecule has 20 heavy (non-hydrogen) atoms. The van der Waals surface area contributed by atoms with Crippen LogP contribution in [-0.2, 0) is 6.54 Å². The van der Waals surface area contributed by atoms with Crippen LogP contribution in [0.2, 0.25) is 0 Å². The summed E-state index contributed by atoms with van der Waals surface area (Å²) in [7, 11) is 0. The maximum Gasteiger partial charge on any atom is 0.320 e. The average molecular weight is 275 g/mol. The van der Waals surface area contributed by atoms with E-state index in [2.05, 4.69) is 26.1 Å². The molecule has 0 spiro atoms. The predicted octanol–water partition coefficient (Wildman–Crippen LogP) is 2.21. The van der Waals surface area contributed by atoms with Crippen LogP contribution in [0.15, 0.2) is 34.9 Å². The quantitative estimate of drug-likeness (QED) is 0.778. The third-order valence-corrected chi connectivity index (χ3v) is 2.35. The molecule has 0 aliphatic rings. The summed E-state index contributed by atoms with van der Waals surface area (Å²) in [6.07, 6.45) is 1.61. The second-order valence-electron chi connectivity index (χ2n) is 4.49. The highest BCUT2D eigenvalue weighted by molar-refractivity contribution is 5.88. The third kappa shape index (κ3) is 4.27. The summed E-state index contributed by atoms with van der Waals surface area (Å²) < 4.78 is 5.19. The van der Waals surface area contributed by atoms with Gasteiger partial charge in [-0.1, -0.05) is 0 Å². The van der Waals surface area contributed by atoms with Crippen molar-refractivity contribution in [3.63, 3.8) is 0 Å². The van der Waals surface area contributed by atoms with Gasteiger partial charge in [0, 0.05) is 6.04 Å². The van der Waals surface area contributed by atoms with E-state index in [1.807, 2.05) is 26.0 Å². The first-order chi connectivity index (χ1) is 9.63. The van der Waals surface area contributed by atoms with Crippen LogP contribution < -0.4 is 16.0 Å². The fourth-order valence-electron chi connectivity index (χ4n) is 1.50. The van der Waals surface area contributed by atoms with E-state index in [9.17, 15) is 4.79 Å². The van der Waals surface area contributed by atoms with Crippen LogP contribution in [0.25, 0.3) is 0 Å². The molecule has 2 aromatic heterocycles. The lowest BCUT2D eigenvalue weighted by molar-refractivity contribution is 0.250. The SMILES string of the molecule is CC(C)NC(=O)Nc1ccc(NCc2ccco2)nn1. The molecule has 0 saturated carbocycles. The number of nitrogens with one attached hydrogen (secondary N) is 3. The first-order valence-electron chi connectivity index (χ1n) is 6.31. The van der Waals surface area contributed by atoms with Gasteiger partial charge in [0.25, 0.3) is 0 Å². The minimum atomic E-state index is -0.300. The van der Waals surface area contributed by atoms with Crippen molar-refractivity contribution < 1.29 is 9.21 Å². The number of amides is 2. The number of urea groups is 1. The Hall–Kier alpha value is -2.57. The smallest absolute Gasteiger partial charge is 0.320 e. The Kier molecular flexibility index (Phi) is 4.54. The van der Waals surface area contributed by atoms with Crippen molar-refractivity contribution in [2.75, 3.05) is 10.6 Å². The lowest BCUT2D eigenvalue weighted by Gasteiger charge is -2.09. The van der Waals surface area contributed by atoms with Crippen LogP contribution in [-0.4, -0.2) is 22.3 Å². The van der Waals surface area contributed by atoms with E-state index >= 15 is 0 Å². The Labute approximate surface area is 116 Å². The molecule has 2 aromatic rings. The Balaban J connectivity index is 1.84. The largest absolute Gasteiger partial charge is 0.467 e. The second-order valence-corrected chi connectivity index (χ2v) is 4.49. The van der Waals surface area contributed by atoms with E-state index in [1.165, 1.54) is 0 Å². The summed E-state index contributed by atoms with van der Waals surface area (Å²) in [4.78, 5) is 11.5. The predicted molar refractivity (Wildman–Crippen MR) is 75.4 cm³/mol. The highest BCUT2D eigenvalue weighted by atomic mass is 16.3. The number of hydrogen-bond acceptors (Lipinski definition) is 5. The van der Waals surface area contributed by atoms with Gasteiger partial charge >= 0.3 is 6.03 Å². The van der Waals surface area contributed by atoms with E-state index in [0.717, 1.165) is 5.76 Å². The summed E-state index contributed by atoms with van der Waals surface area (Å²) in [5, 5.41) is 16.2. The van der Waals surface area contributed by atoms with E-state index in [-0.39, 0.29) is 12.1 Å². The summed E-state index contributed by atoms with van der Waals surface area (Å²) >= 11 is 0. The van der Waals surface area contributed by atoms with Crippen molar-refractivity contribution in [3.05, 3.63) is 36.3 Å². The fourth-order valence-corrected chi connectivity index (χ4v) is 1.50. The molecule has 2 rings (SSSR count). The van der Waals surface area contributed by atoms with E-state index in [1.54, 1.807) is 18.4 Å². The Morgan fingerprint density at radius 3 is 2.60 bits per heavy atom. The number of aromatic nitrogens is 2. The normalized spacial score (nSPS) is 10.3. The molecule has 7 heteroatoms. The molecule has 106 valence electrons. The minimum Gasteiger partial charge on any atom is -0.467 e.